The first-order valence-electron chi connectivity index (χ1n) is 12.4. The van der Waals surface area contributed by atoms with Crippen molar-refractivity contribution in [2.75, 3.05) is 33.8 Å². The van der Waals surface area contributed by atoms with E-state index in [0.29, 0.717) is 18.1 Å². The van der Waals surface area contributed by atoms with E-state index >= 15 is 0 Å². The van der Waals surface area contributed by atoms with Crippen LogP contribution in [-0.2, 0) is 13.7 Å². The van der Waals surface area contributed by atoms with Gasteiger partial charge in [0.25, 0.3) is 0 Å². The van der Waals surface area contributed by atoms with Crippen molar-refractivity contribution in [1.29, 1.82) is 0 Å². The second kappa shape index (κ2) is 8.98. The minimum atomic E-state index is -0.851. The molecule has 2 aliphatic heterocycles. The number of aliphatic hydroxyl groups is 1. The Kier molecular flexibility index (Phi) is 5.87. The Balaban J connectivity index is 1.53. The predicted molar refractivity (Wildman–Crippen MR) is 143 cm³/mol. The van der Waals surface area contributed by atoms with Gasteiger partial charge in [-0.3, -0.25) is 9.58 Å². The summed E-state index contributed by atoms with van der Waals surface area (Å²) in [5.74, 6) is 1.42. The number of aliphatic hydroxyl groups excluding tert-OH is 1. The average Bonchev–Trinajstić information content (AvgIpc) is 3.61. The van der Waals surface area contributed by atoms with Gasteiger partial charge in [-0.05, 0) is 44.5 Å². The zero-order valence-electron chi connectivity index (χ0n) is 21.8. The number of ether oxygens (including phenoxy) is 2. The SMILES string of the molecule is COc1cc2c(cc1-c1ccn(C)n1)-c1c(c(C(O)N3CCN(C)CC3(C)C)nn1-c1ccsc1)CO2. The average molecular weight is 521 g/mol. The molecular weight excluding hydrogens is 488 g/mol. The Labute approximate surface area is 220 Å². The molecule has 194 valence electrons. The third-order valence-electron chi connectivity index (χ3n) is 7.38. The van der Waals surface area contributed by atoms with E-state index in [1.54, 1.807) is 23.1 Å². The number of nitrogens with zero attached hydrogens (tertiary/aromatic N) is 6. The van der Waals surface area contributed by atoms with Crippen LogP contribution in [0, 0.1) is 0 Å². The number of rotatable bonds is 5. The molecule has 1 N–H and O–H groups in total. The monoisotopic (exact) mass is 520 g/mol. The van der Waals surface area contributed by atoms with Crippen molar-refractivity contribution >= 4 is 11.3 Å². The van der Waals surface area contributed by atoms with E-state index < -0.39 is 6.23 Å². The summed E-state index contributed by atoms with van der Waals surface area (Å²) in [6.07, 6.45) is 1.06. The number of fused-ring (bicyclic) bond motifs is 3. The number of hydrogen-bond donors (Lipinski definition) is 1. The van der Waals surface area contributed by atoms with Crippen LogP contribution in [0.1, 0.15) is 31.3 Å². The van der Waals surface area contributed by atoms with Gasteiger partial charge in [-0.1, -0.05) is 0 Å². The molecule has 3 aromatic heterocycles. The van der Waals surface area contributed by atoms with Crippen LogP contribution in [0.15, 0.2) is 41.2 Å². The minimum Gasteiger partial charge on any atom is -0.496 e. The molecule has 2 aliphatic rings. The lowest BCUT2D eigenvalue weighted by molar-refractivity contribution is -0.0950. The van der Waals surface area contributed by atoms with E-state index in [2.05, 4.69) is 47.2 Å². The largest absolute Gasteiger partial charge is 0.496 e. The standard InChI is InChI=1S/C27H32N6O3S/c1-27(2)16-30(3)9-10-32(27)26(34)24-20-14-36-23-13-22(35-5)18(21-6-8-31(4)28-21)12-19(23)25(20)33(29-24)17-7-11-37-15-17/h6-8,11-13,15,26,34H,9-10,14,16H2,1-5H3. The zero-order chi connectivity index (χ0) is 25.9. The molecular formula is C27H32N6O3S. The van der Waals surface area contributed by atoms with Crippen LogP contribution in [0.25, 0.3) is 28.2 Å². The molecule has 1 unspecified atom stereocenters. The molecule has 1 fully saturated rings. The van der Waals surface area contributed by atoms with E-state index in [-0.39, 0.29) is 5.54 Å². The second-order valence-electron chi connectivity index (χ2n) is 10.4. The Morgan fingerprint density at radius 1 is 1.14 bits per heavy atom. The number of benzene rings is 1. The van der Waals surface area contributed by atoms with Gasteiger partial charge in [0.15, 0.2) is 6.23 Å². The maximum atomic E-state index is 11.7. The molecule has 5 heterocycles. The smallest absolute Gasteiger partial charge is 0.153 e. The highest BCUT2D eigenvalue weighted by Gasteiger charge is 2.40. The molecule has 10 heteroatoms. The fourth-order valence-corrected chi connectivity index (χ4v) is 6.23. The van der Waals surface area contributed by atoms with E-state index in [1.165, 1.54) is 0 Å². The number of hydrogen-bond acceptors (Lipinski definition) is 8. The first-order valence-corrected chi connectivity index (χ1v) is 13.3. The predicted octanol–water partition coefficient (Wildman–Crippen LogP) is 3.92. The van der Waals surface area contributed by atoms with Crippen LogP contribution in [0.5, 0.6) is 11.5 Å². The van der Waals surface area contributed by atoms with Gasteiger partial charge in [-0.2, -0.15) is 21.5 Å². The third kappa shape index (κ3) is 4.04. The molecule has 1 saturated heterocycles. The fraction of sp³-hybridized carbons (Fsp3) is 0.407. The van der Waals surface area contributed by atoms with Crippen LogP contribution in [0.4, 0.5) is 0 Å². The normalized spacial score (nSPS) is 18.2. The van der Waals surface area contributed by atoms with Crippen molar-refractivity contribution in [3.63, 3.8) is 0 Å². The maximum absolute atomic E-state index is 11.7. The van der Waals surface area contributed by atoms with Gasteiger partial charge in [0.1, 0.15) is 23.8 Å². The summed E-state index contributed by atoms with van der Waals surface area (Å²) in [5, 5.41) is 25.5. The molecule has 1 aromatic carbocycles. The van der Waals surface area contributed by atoms with Crippen molar-refractivity contribution in [3.8, 4) is 39.7 Å². The lowest BCUT2D eigenvalue weighted by atomic mass is 9.95. The summed E-state index contributed by atoms with van der Waals surface area (Å²) in [7, 11) is 5.68. The minimum absolute atomic E-state index is 0.210. The maximum Gasteiger partial charge on any atom is 0.153 e. The van der Waals surface area contributed by atoms with Crippen molar-refractivity contribution in [3.05, 3.63) is 52.5 Å². The molecule has 0 bridgehead atoms. The van der Waals surface area contributed by atoms with Gasteiger partial charge < -0.3 is 19.5 Å². The highest BCUT2D eigenvalue weighted by atomic mass is 32.1. The van der Waals surface area contributed by atoms with Crippen molar-refractivity contribution in [2.24, 2.45) is 7.05 Å². The molecule has 6 rings (SSSR count). The Morgan fingerprint density at radius 3 is 2.65 bits per heavy atom. The summed E-state index contributed by atoms with van der Waals surface area (Å²) in [6, 6.07) is 8.00. The zero-order valence-corrected chi connectivity index (χ0v) is 22.6. The van der Waals surface area contributed by atoms with Crippen LogP contribution >= 0.6 is 11.3 Å². The number of aryl methyl sites for hydroxylation is 1. The van der Waals surface area contributed by atoms with Gasteiger partial charge in [0, 0.05) is 66.6 Å². The van der Waals surface area contributed by atoms with E-state index in [9.17, 15) is 5.11 Å². The first-order chi connectivity index (χ1) is 17.8. The molecule has 9 nitrogen and oxygen atoms in total. The van der Waals surface area contributed by atoms with Crippen LogP contribution in [0.2, 0.25) is 0 Å². The molecule has 0 spiro atoms. The lowest BCUT2D eigenvalue weighted by Crippen LogP contribution is -2.59. The number of aromatic nitrogens is 4. The number of piperazine rings is 1. The Bertz CT molecular complexity index is 1440. The van der Waals surface area contributed by atoms with Crippen molar-refractivity contribution < 1.29 is 14.6 Å². The van der Waals surface area contributed by atoms with Crippen LogP contribution in [0.3, 0.4) is 0 Å². The molecule has 0 saturated carbocycles. The molecule has 37 heavy (non-hydrogen) atoms. The Morgan fingerprint density at radius 2 is 1.97 bits per heavy atom. The van der Waals surface area contributed by atoms with Gasteiger partial charge in [-0.15, -0.1) is 0 Å². The van der Waals surface area contributed by atoms with E-state index in [0.717, 1.165) is 59.1 Å². The summed E-state index contributed by atoms with van der Waals surface area (Å²) in [4.78, 5) is 4.45. The Hall–Kier alpha value is -3.18. The molecule has 4 aromatic rings. The molecule has 0 amide bonds. The van der Waals surface area contributed by atoms with Gasteiger partial charge >= 0.3 is 0 Å². The van der Waals surface area contributed by atoms with Crippen LogP contribution in [-0.4, -0.2) is 73.8 Å². The number of likely N-dealkylation sites (N-methyl/N-ethyl adjacent to an activating group) is 1. The third-order valence-corrected chi connectivity index (χ3v) is 8.05. The van der Waals surface area contributed by atoms with E-state index in [4.69, 9.17) is 14.6 Å². The lowest BCUT2D eigenvalue weighted by Gasteiger charge is -2.47. The van der Waals surface area contributed by atoms with Crippen LogP contribution < -0.4 is 9.47 Å². The summed E-state index contributed by atoms with van der Waals surface area (Å²) < 4.78 is 15.7. The molecule has 1 atom stereocenters. The van der Waals surface area contributed by atoms with Crippen molar-refractivity contribution in [1.82, 2.24) is 29.4 Å². The quantitative estimate of drug-likeness (QED) is 0.427. The molecule has 0 radical (unpaired) electrons. The van der Waals surface area contributed by atoms with Crippen molar-refractivity contribution in [2.45, 2.75) is 32.2 Å². The van der Waals surface area contributed by atoms with Gasteiger partial charge in [-0.25, -0.2) is 4.68 Å². The first kappa shape index (κ1) is 24.2. The topological polar surface area (TPSA) is 80.8 Å². The summed E-state index contributed by atoms with van der Waals surface area (Å²) in [5.41, 5.74) is 5.81. The highest BCUT2D eigenvalue weighted by Crippen LogP contribution is 2.47. The summed E-state index contributed by atoms with van der Waals surface area (Å²) in [6.45, 7) is 7.17. The van der Waals surface area contributed by atoms with Gasteiger partial charge in [0.2, 0.25) is 0 Å². The summed E-state index contributed by atoms with van der Waals surface area (Å²) >= 11 is 1.62. The number of thiophene rings is 1. The second-order valence-corrected chi connectivity index (χ2v) is 11.2. The fourth-order valence-electron chi connectivity index (χ4n) is 5.61. The number of methoxy groups -OCH3 is 1. The molecule has 0 aliphatic carbocycles. The highest BCUT2D eigenvalue weighted by molar-refractivity contribution is 7.08. The van der Waals surface area contributed by atoms with E-state index in [1.807, 2.05) is 41.5 Å². The van der Waals surface area contributed by atoms with Gasteiger partial charge in [0.05, 0.1) is 24.2 Å².